The second kappa shape index (κ2) is 8.52. The molecule has 158 valence electrons. The number of amides is 1. The molecular formula is C20H18F3N3O2S2. The van der Waals surface area contributed by atoms with Crippen molar-refractivity contribution in [3.63, 3.8) is 0 Å². The molecule has 0 unspecified atom stereocenters. The quantitative estimate of drug-likeness (QED) is 0.661. The van der Waals surface area contributed by atoms with Gasteiger partial charge in [0, 0.05) is 10.9 Å². The largest absolute Gasteiger partial charge is 0.416 e. The number of nitrogens with zero attached hydrogens (tertiary/aromatic N) is 2. The summed E-state index contributed by atoms with van der Waals surface area (Å²) in [6.07, 6.45) is 0.0395. The number of benzene rings is 1. The molecule has 1 aliphatic carbocycles. The van der Waals surface area contributed by atoms with Crippen molar-refractivity contribution < 1.29 is 23.1 Å². The molecule has 1 aliphatic heterocycles. The normalized spacial score (nSPS) is 25.1. The van der Waals surface area contributed by atoms with E-state index in [-0.39, 0.29) is 18.1 Å². The highest BCUT2D eigenvalue weighted by atomic mass is 32.2. The van der Waals surface area contributed by atoms with Gasteiger partial charge in [0.05, 0.1) is 28.3 Å². The number of carbonyl (C=O) groups excluding carboxylic acids is 1. The van der Waals surface area contributed by atoms with Gasteiger partial charge in [0.2, 0.25) is 0 Å². The van der Waals surface area contributed by atoms with Crippen molar-refractivity contribution >= 4 is 40.2 Å². The molecule has 0 atom stereocenters. The van der Waals surface area contributed by atoms with Gasteiger partial charge in [0.15, 0.2) is 5.17 Å². The number of thiazole rings is 1. The summed E-state index contributed by atoms with van der Waals surface area (Å²) in [6.45, 7) is 0. The minimum atomic E-state index is -4.37. The molecule has 1 aromatic heterocycles. The summed E-state index contributed by atoms with van der Waals surface area (Å²) in [7, 11) is 0. The lowest BCUT2D eigenvalue weighted by molar-refractivity contribution is -0.137. The number of aliphatic hydroxyl groups excluding tert-OH is 1. The summed E-state index contributed by atoms with van der Waals surface area (Å²) in [5, 5.41) is 15.2. The highest BCUT2D eigenvalue weighted by Crippen LogP contribution is 2.33. The standard InChI is InChI=1S/C20H18F3N3O2S2/c21-20(22,23)12-3-1-11(2-4-12)18-24-14(10-29-18)9-16-17(28)26-19(30-16)25-13-5-7-15(27)8-6-13/h1-4,9-10,13,15,27H,5-8H2,(H,25,26,28)/b16-9+. The lowest BCUT2D eigenvalue weighted by Crippen LogP contribution is -2.25. The second-order valence-corrected chi connectivity index (χ2v) is 9.00. The third-order valence-corrected chi connectivity index (χ3v) is 6.71. The van der Waals surface area contributed by atoms with Gasteiger partial charge in [-0.1, -0.05) is 12.1 Å². The van der Waals surface area contributed by atoms with Crippen LogP contribution in [0.25, 0.3) is 16.6 Å². The molecule has 1 saturated heterocycles. The zero-order chi connectivity index (χ0) is 21.3. The number of rotatable bonds is 3. The third-order valence-electron chi connectivity index (χ3n) is 4.88. The number of nitrogens with one attached hydrogen (secondary N) is 1. The Morgan fingerprint density at radius 2 is 1.87 bits per heavy atom. The third kappa shape index (κ3) is 4.93. The highest BCUT2D eigenvalue weighted by Gasteiger charge is 2.30. The van der Waals surface area contributed by atoms with Crippen molar-refractivity contribution in [2.45, 2.75) is 44.0 Å². The van der Waals surface area contributed by atoms with Crippen molar-refractivity contribution in [3.05, 3.63) is 45.8 Å². The molecular weight excluding hydrogens is 435 g/mol. The predicted octanol–water partition coefficient (Wildman–Crippen LogP) is 4.69. The molecule has 4 rings (SSSR count). The molecule has 1 aromatic carbocycles. The number of hydrogen-bond donors (Lipinski definition) is 2. The summed E-state index contributed by atoms with van der Waals surface area (Å²) >= 11 is 2.54. The molecule has 0 bridgehead atoms. The molecule has 2 N–H and O–H groups in total. The Labute approximate surface area is 179 Å². The number of aliphatic hydroxyl groups is 1. The molecule has 10 heteroatoms. The maximum Gasteiger partial charge on any atom is 0.416 e. The first-order valence-electron chi connectivity index (χ1n) is 9.38. The van der Waals surface area contributed by atoms with Gasteiger partial charge in [0.25, 0.3) is 5.91 Å². The van der Waals surface area contributed by atoms with Gasteiger partial charge in [0.1, 0.15) is 5.01 Å². The summed E-state index contributed by atoms with van der Waals surface area (Å²) in [5.41, 5.74) is 0.445. The van der Waals surface area contributed by atoms with Crippen LogP contribution in [0.1, 0.15) is 36.9 Å². The Bertz CT molecular complexity index is 991. The fourth-order valence-electron chi connectivity index (χ4n) is 3.26. The number of hydrogen-bond acceptors (Lipinski definition) is 6. The summed E-state index contributed by atoms with van der Waals surface area (Å²) in [6, 6.07) is 4.94. The van der Waals surface area contributed by atoms with Gasteiger partial charge in [-0.2, -0.15) is 13.2 Å². The minimum absolute atomic E-state index is 0.0982. The van der Waals surface area contributed by atoms with Crippen LogP contribution in [0, 0.1) is 0 Å². The first-order chi connectivity index (χ1) is 14.3. The molecule has 2 aromatic rings. The number of alkyl halides is 3. The lowest BCUT2D eigenvalue weighted by Gasteiger charge is -2.22. The Morgan fingerprint density at radius 3 is 2.53 bits per heavy atom. The van der Waals surface area contributed by atoms with Crippen molar-refractivity contribution in [3.8, 4) is 10.6 Å². The number of aliphatic imine (C=N–C) groups is 1. The average molecular weight is 454 g/mol. The van der Waals surface area contributed by atoms with Crippen LogP contribution in [-0.4, -0.2) is 33.3 Å². The van der Waals surface area contributed by atoms with E-state index in [0.29, 0.717) is 39.2 Å². The monoisotopic (exact) mass is 453 g/mol. The van der Waals surface area contributed by atoms with Crippen LogP contribution < -0.4 is 5.32 Å². The van der Waals surface area contributed by atoms with Gasteiger partial charge >= 0.3 is 6.18 Å². The molecule has 1 amide bonds. The zero-order valence-electron chi connectivity index (χ0n) is 15.6. The van der Waals surface area contributed by atoms with Crippen LogP contribution in [0.4, 0.5) is 13.2 Å². The molecule has 2 heterocycles. The Kier molecular flexibility index (Phi) is 5.99. The SMILES string of the molecule is O=C1NC(=NC2CCC(O)CC2)S/C1=C/c1csc(-c2ccc(C(F)(F)F)cc2)n1. The molecule has 0 radical (unpaired) electrons. The summed E-state index contributed by atoms with van der Waals surface area (Å²) in [5.74, 6) is -0.251. The van der Waals surface area contributed by atoms with E-state index >= 15 is 0 Å². The smallest absolute Gasteiger partial charge is 0.393 e. The van der Waals surface area contributed by atoms with E-state index in [0.717, 1.165) is 25.0 Å². The van der Waals surface area contributed by atoms with Crippen LogP contribution in [0.5, 0.6) is 0 Å². The topological polar surface area (TPSA) is 74.6 Å². The highest BCUT2D eigenvalue weighted by molar-refractivity contribution is 8.18. The predicted molar refractivity (Wildman–Crippen MR) is 112 cm³/mol. The Morgan fingerprint density at radius 1 is 1.17 bits per heavy atom. The number of carbonyl (C=O) groups is 1. The average Bonchev–Trinajstić information content (AvgIpc) is 3.30. The van der Waals surface area contributed by atoms with Crippen LogP contribution in [0.2, 0.25) is 0 Å². The molecule has 2 fully saturated rings. The molecule has 2 aliphatic rings. The number of aromatic nitrogens is 1. The van der Waals surface area contributed by atoms with Crippen molar-refractivity contribution in [1.29, 1.82) is 0 Å². The minimum Gasteiger partial charge on any atom is -0.393 e. The number of thioether (sulfide) groups is 1. The lowest BCUT2D eigenvalue weighted by atomic mass is 9.94. The van der Waals surface area contributed by atoms with E-state index < -0.39 is 11.7 Å². The first kappa shape index (κ1) is 21.1. The fraction of sp³-hybridized carbons (Fsp3) is 0.350. The molecule has 30 heavy (non-hydrogen) atoms. The van der Waals surface area contributed by atoms with Crippen molar-refractivity contribution in [2.75, 3.05) is 0 Å². The van der Waals surface area contributed by atoms with E-state index in [1.54, 1.807) is 11.5 Å². The second-order valence-electron chi connectivity index (χ2n) is 7.11. The van der Waals surface area contributed by atoms with E-state index in [2.05, 4.69) is 15.3 Å². The number of amidine groups is 1. The summed E-state index contributed by atoms with van der Waals surface area (Å²) < 4.78 is 38.1. The van der Waals surface area contributed by atoms with Crippen LogP contribution in [0.15, 0.2) is 39.5 Å². The molecule has 0 spiro atoms. The fourth-order valence-corrected chi connectivity index (χ4v) is 4.92. The summed E-state index contributed by atoms with van der Waals surface area (Å²) in [4.78, 5) is 21.7. The van der Waals surface area contributed by atoms with Gasteiger partial charge < -0.3 is 10.4 Å². The van der Waals surface area contributed by atoms with Crippen LogP contribution >= 0.6 is 23.1 Å². The van der Waals surface area contributed by atoms with E-state index in [4.69, 9.17) is 0 Å². The first-order valence-corrected chi connectivity index (χ1v) is 11.1. The Hall–Kier alpha value is -2.17. The van der Waals surface area contributed by atoms with Crippen LogP contribution in [-0.2, 0) is 11.0 Å². The van der Waals surface area contributed by atoms with Gasteiger partial charge in [-0.15, -0.1) is 11.3 Å². The van der Waals surface area contributed by atoms with Gasteiger partial charge in [-0.25, -0.2) is 4.98 Å². The Balaban J connectivity index is 1.45. The zero-order valence-corrected chi connectivity index (χ0v) is 17.3. The van der Waals surface area contributed by atoms with Gasteiger partial charge in [-0.3, -0.25) is 9.79 Å². The van der Waals surface area contributed by atoms with Gasteiger partial charge in [-0.05, 0) is 55.7 Å². The van der Waals surface area contributed by atoms with E-state index in [9.17, 15) is 23.1 Å². The van der Waals surface area contributed by atoms with Crippen molar-refractivity contribution in [2.24, 2.45) is 4.99 Å². The molecule has 1 saturated carbocycles. The maximum absolute atomic E-state index is 12.7. The van der Waals surface area contributed by atoms with E-state index in [1.807, 2.05) is 0 Å². The maximum atomic E-state index is 12.7. The van der Waals surface area contributed by atoms with Crippen LogP contribution in [0.3, 0.4) is 0 Å². The van der Waals surface area contributed by atoms with E-state index in [1.165, 1.54) is 35.2 Å². The van der Waals surface area contributed by atoms with Crippen molar-refractivity contribution in [1.82, 2.24) is 10.3 Å². The number of halogens is 3. The molecule has 5 nitrogen and oxygen atoms in total.